The smallest absolute Gasteiger partial charge is 0.410 e. The number of hydrogen-bond acceptors (Lipinski definition) is 6. The second-order valence-corrected chi connectivity index (χ2v) is 12.4. The summed E-state index contributed by atoms with van der Waals surface area (Å²) in [6, 6.07) is 1.91. The van der Waals surface area contributed by atoms with E-state index in [0.717, 1.165) is 24.8 Å². The second kappa shape index (κ2) is 8.20. The molecule has 1 aliphatic carbocycles. The predicted molar refractivity (Wildman–Crippen MR) is 118 cm³/mol. The number of nitrogens with zero attached hydrogens (tertiary/aromatic N) is 2. The molecule has 1 N–H and O–H groups in total. The van der Waals surface area contributed by atoms with Crippen molar-refractivity contribution < 1.29 is 18.8 Å². The molecule has 0 unspecified atom stereocenters. The van der Waals surface area contributed by atoms with Crippen LogP contribution in [-0.2, 0) is 22.5 Å². The zero-order valence-corrected chi connectivity index (χ0v) is 20.0. The van der Waals surface area contributed by atoms with Crippen molar-refractivity contribution in [2.75, 3.05) is 20.2 Å². The number of ether oxygens (including phenoxy) is 2. The molecule has 1 spiro atoms. The summed E-state index contributed by atoms with van der Waals surface area (Å²) in [6.07, 6.45) is 4.05. The van der Waals surface area contributed by atoms with E-state index in [1.165, 1.54) is 5.56 Å². The molecule has 8 heteroatoms. The molecular weight excluding hydrogens is 402 g/mol. The van der Waals surface area contributed by atoms with Gasteiger partial charge in [-0.15, -0.1) is 4.72 Å². The SMILES string of the molecule is COc1cc2c(cn1)[C@@H](N[S@+]([O-])C(C)(C)C)C1(CCN(C(=O)OC(C)(C)C)CC1)C2. The van der Waals surface area contributed by atoms with Gasteiger partial charge in [0.25, 0.3) is 0 Å². The maximum Gasteiger partial charge on any atom is 0.410 e. The highest BCUT2D eigenvalue weighted by Crippen LogP contribution is 2.53. The lowest BCUT2D eigenvalue weighted by Gasteiger charge is -2.43. The first-order valence-corrected chi connectivity index (χ1v) is 11.7. The number of carbonyl (C=O) groups excluding carboxylic acids is 1. The van der Waals surface area contributed by atoms with Gasteiger partial charge in [0.2, 0.25) is 5.88 Å². The number of carbonyl (C=O) groups is 1. The average Bonchev–Trinajstić information content (AvgIpc) is 2.92. The zero-order chi connectivity index (χ0) is 22.3. The van der Waals surface area contributed by atoms with Crippen LogP contribution in [-0.4, -0.2) is 51.1 Å². The zero-order valence-electron chi connectivity index (χ0n) is 19.2. The number of piperidine rings is 1. The molecule has 2 heterocycles. The van der Waals surface area contributed by atoms with E-state index in [1.807, 2.05) is 53.8 Å². The minimum atomic E-state index is -1.21. The molecule has 1 fully saturated rings. The quantitative estimate of drug-likeness (QED) is 0.725. The second-order valence-electron chi connectivity index (χ2n) is 10.4. The molecule has 2 aliphatic rings. The maximum absolute atomic E-state index is 13.0. The van der Waals surface area contributed by atoms with Gasteiger partial charge in [0.15, 0.2) is 0 Å². The fourth-order valence-corrected chi connectivity index (χ4v) is 5.17. The molecule has 30 heavy (non-hydrogen) atoms. The summed E-state index contributed by atoms with van der Waals surface area (Å²) in [5, 5.41) is 0. The van der Waals surface area contributed by atoms with Gasteiger partial charge in [0.05, 0.1) is 13.2 Å². The number of rotatable bonds is 3. The van der Waals surface area contributed by atoms with Crippen LogP contribution in [0, 0.1) is 5.41 Å². The van der Waals surface area contributed by atoms with E-state index in [9.17, 15) is 9.35 Å². The van der Waals surface area contributed by atoms with E-state index >= 15 is 0 Å². The third-order valence-electron chi connectivity index (χ3n) is 5.87. The Morgan fingerprint density at radius 2 is 1.90 bits per heavy atom. The molecule has 0 bridgehead atoms. The largest absolute Gasteiger partial charge is 0.598 e. The summed E-state index contributed by atoms with van der Waals surface area (Å²) in [7, 11) is 1.61. The summed E-state index contributed by atoms with van der Waals surface area (Å²) in [5.41, 5.74) is 1.64. The lowest BCUT2D eigenvalue weighted by molar-refractivity contribution is 0.00715. The van der Waals surface area contributed by atoms with Gasteiger partial charge in [-0.05, 0) is 71.9 Å². The molecule has 2 atom stereocenters. The van der Waals surface area contributed by atoms with Crippen LogP contribution >= 0.6 is 0 Å². The van der Waals surface area contributed by atoms with Crippen molar-refractivity contribution in [1.82, 2.24) is 14.6 Å². The first kappa shape index (κ1) is 23.2. The first-order valence-electron chi connectivity index (χ1n) is 10.5. The molecule has 168 valence electrons. The number of fused-ring (bicyclic) bond motifs is 1. The Labute approximate surface area is 183 Å². The molecule has 1 aliphatic heterocycles. The van der Waals surface area contributed by atoms with Crippen LogP contribution in [0.25, 0.3) is 0 Å². The Balaban J connectivity index is 1.83. The van der Waals surface area contributed by atoms with Crippen LogP contribution in [0.15, 0.2) is 12.3 Å². The van der Waals surface area contributed by atoms with Crippen LogP contribution in [0.2, 0.25) is 0 Å². The third kappa shape index (κ3) is 4.86. The number of nitrogens with one attached hydrogen (secondary N) is 1. The van der Waals surface area contributed by atoms with E-state index in [1.54, 1.807) is 12.0 Å². The number of amides is 1. The number of methoxy groups -OCH3 is 1. The molecule has 1 aromatic rings. The standard InChI is InChI=1S/C22H35N3O4S/c1-20(2,3)29-19(26)25-10-8-22(9-11-25)13-15-12-17(28-7)23-14-16(15)18(22)24-30(27)21(4,5)6/h12,14,18,24H,8-11,13H2,1-7H3/t18-,30-/m1/s1. The van der Waals surface area contributed by atoms with E-state index in [4.69, 9.17) is 9.47 Å². The minimum absolute atomic E-state index is 0.0771. The molecule has 0 radical (unpaired) electrons. The van der Waals surface area contributed by atoms with Crippen molar-refractivity contribution in [3.8, 4) is 5.88 Å². The highest BCUT2D eigenvalue weighted by atomic mass is 32.2. The Kier molecular flexibility index (Phi) is 6.33. The fraction of sp³-hybridized carbons (Fsp3) is 0.727. The van der Waals surface area contributed by atoms with Crippen molar-refractivity contribution in [1.29, 1.82) is 0 Å². The number of aromatic nitrogens is 1. The summed E-state index contributed by atoms with van der Waals surface area (Å²) < 4.78 is 26.9. The summed E-state index contributed by atoms with van der Waals surface area (Å²) in [5.74, 6) is 0.590. The Hall–Kier alpha value is -1.51. The molecule has 7 nitrogen and oxygen atoms in total. The van der Waals surface area contributed by atoms with Gasteiger partial charge in [-0.2, -0.15) is 0 Å². The van der Waals surface area contributed by atoms with Crippen molar-refractivity contribution in [2.24, 2.45) is 5.41 Å². The monoisotopic (exact) mass is 437 g/mol. The van der Waals surface area contributed by atoms with Gasteiger partial charge in [0, 0.05) is 42.1 Å². The number of likely N-dealkylation sites (tertiary alicyclic amines) is 1. The summed E-state index contributed by atoms with van der Waals surface area (Å²) >= 11 is -1.21. The van der Waals surface area contributed by atoms with Crippen LogP contribution in [0.1, 0.15) is 71.6 Å². The van der Waals surface area contributed by atoms with Crippen LogP contribution < -0.4 is 9.46 Å². The van der Waals surface area contributed by atoms with E-state index < -0.39 is 17.0 Å². The fourth-order valence-electron chi connectivity index (χ4n) is 4.22. The first-order chi connectivity index (χ1) is 13.8. The highest BCUT2D eigenvalue weighted by molar-refractivity contribution is 7.90. The van der Waals surface area contributed by atoms with Gasteiger partial charge in [0.1, 0.15) is 10.3 Å². The lowest BCUT2D eigenvalue weighted by Crippen LogP contribution is -2.51. The molecule has 0 aromatic carbocycles. The Morgan fingerprint density at radius 3 is 2.43 bits per heavy atom. The molecule has 1 aromatic heterocycles. The molecule has 1 amide bonds. The van der Waals surface area contributed by atoms with E-state index in [-0.39, 0.29) is 22.3 Å². The highest BCUT2D eigenvalue weighted by Gasteiger charge is 2.51. The average molecular weight is 438 g/mol. The molecule has 1 saturated heterocycles. The van der Waals surface area contributed by atoms with Gasteiger partial charge in [-0.3, -0.25) is 0 Å². The van der Waals surface area contributed by atoms with Crippen molar-refractivity contribution in [3.63, 3.8) is 0 Å². The summed E-state index contributed by atoms with van der Waals surface area (Å²) in [4.78, 5) is 18.7. The minimum Gasteiger partial charge on any atom is -0.598 e. The lowest BCUT2D eigenvalue weighted by atomic mass is 9.73. The Bertz CT molecular complexity index is 780. The van der Waals surface area contributed by atoms with Gasteiger partial charge >= 0.3 is 6.09 Å². The normalized spacial score (nSPS) is 22.0. The van der Waals surface area contributed by atoms with Crippen LogP contribution in [0.4, 0.5) is 4.79 Å². The van der Waals surface area contributed by atoms with E-state index in [0.29, 0.717) is 19.0 Å². The Morgan fingerprint density at radius 1 is 1.27 bits per heavy atom. The topological polar surface area (TPSA) is 86.8 Å². The predicted octanol–water partition coefficient (Wildman–Crippen LogP) is 3.76. The molecular formula is C22H35N3O4S. The number of pyridine rings is 1. The maximum atomic E-state index is 13.0. The molecule has 0 saturated carbocycles. The van der Waals surface area contributed by atoms with Crippen molar-refractivity contribution >= 4 is 17.5 Å². The van der Waals surface area contributed by atoms with Crippen molar-refractivity contribution in [2.45, 2.75) is 77.2 Å². The molecule has 3 rings (SSSR count). The van der Waals surface area contributed by atoms with Gasteiger partial charge < -0.3 is 18.9 Å². The van der Waals surface area contributed by atoms with Crippen molar-refractivity contribution in [3.05, 3.63) is 23.4 Å². The van der Waals surface area contributed by atoms with Gasteiger partial charge in [-0.25, -0.2) is 9.78 Å². The van der Waals surface area contributed by atoms with Crippen LogP contribution in [0.5, 0.6) is 5.88 Å². The number of hydrogen-bond donors (Lipinski definition) is 1. The van der Waals surface area contributed by atoms with Gasteiger partial charge in [-0.1, -0.05) is 0 Å². The third-order valence-corrected chi connectivity index (χ3v) is 7.43. The van der Waals surface area contributed by atoms with Crippen LogP contribution in [0.3, 0.4) is 0 Å². The summed E-state index contributed by atoms with van der Waals surface area (Å²) in [6.45, 7) is 12.8. The van der Waals surface area contributed by atoms with E-state index in [2.05, 4.69) is 9.71 Å².